The van der Waals surface area contributed by atoms with Gasteiger partial charge >= 0.3 is 6.03 Å². The maximum Gasteiger partial charge on any atom is 0.322 e. The largest absolute Gasteiger partial charge is 0.342 e. The number of anilines is 1. The van der Waals surface area contributed by atoms with E-state index >= 15 is 0 Å². The molecule has 128 valence electrons. The molecule has 1 unspecified atom stereocenters. The Labute approximate surface area is 146 Å². The molecule has 1 aromatic carbocycles. The minimum atomic E-state index is -0.0656. The van der Waals surface area contributed by atoms with Gasteiger partial charge in [0.1, 0.15) is 5.82 Å². The van der Waals surface area contributed by atoms with Gasteiger partial charge in [-0.15, -0.1) is 0 Å². The monoisotopic (exact) mass is 335 g/mol. The summed E-state index contributed by atoms with van der Waals surface area (Å²) >= 11 is 0. The van der Waals surface area contributed by atoms with Gasteiger partial charge in [0.2, 0.25) is 0 Å². The van der Waals surface area contributed by atoms with E-state index in [1.807, 2.05) is 48.4 Å². The molecule has 0 aliphatic carbocycles. The number of aromatic nitrogens is 3. The van der Waals surface area contributed by atoms with Crippen molar-refractivity contribution in [3.63, 3.8) is 0 Å². The molecule has 25 heavy (non-hydrogen) atoms. The van der Waals surface area contributed by atoms with E-state index in [4.69, 9.17) is 0 Å². The van der Waals surface area contributed by atoms with Crippen molar-refractivity contribution in [3.05, 3.63) is 54.1 Å². The number of pyridine rings is 1. The molecule has 6 heteroatoms. The number of carbonyl (C=O) groups excluding carboxylic acids is 1. The molecule has 0 radical (unpaired) electrons. The second kappa shape index (κ2) is 6.55. The van der Waals surface area contributed by atoms with Gasteiger partial charge in [0.05, 0.1) is 17.1 Å². The highest BCUT2D eigenvalue weighted by molar-refractivity contribution is 5.92. The number of nitrogens with zero attached hydrogens (tertiary/aromatic N) is 3. The highest BCUT2D eigenvalue weighted by Crippen LogP contribution is 2.31. The molecule has 3 aromatic rings. The number of aromatic amines is 1. The van der Waals surface area contributed by atoms with Crippen LogP contribution < -0.4 is 5.32 Å². The number of urea groups is 1. The molecule has 1 atom stereocenters. The van der Waals surface area contributed by atoms with Gasteiger partial charge in [-0.05, 0) is 56.0 Å². The Morgan fingerprint density at radius 3 is 3.08 bits per heavy atom. The zero-order chi connectivity index (χ0) is 17.2. The summed E-state index contributed by atoms with van der Waals surface area (Å²) in [5, 5.41) is 3.03. The standard InChI is InChI=1S/C19H21N5O/c1-13-21-16-8-7-15(11-17(16)22-13)23-19(25)24-10-3-2-6-18(24)14-5-4-9-20-12-14/h4-5,7-9,11-12,18H,2-3,6,10H2,1H3,(H,21,22)(H,23,25). The van der Waals surface area contributed by atoms with E-state index in [1.165, 1.54) is 0 Å². The number of likely N-dealkylation sites (tertiary alicyclic amines) is 1. The molecule has 1 saturated heterocycles. The quantitative estimate of drug-likeness (QED) is 0.742. The fraction of sp³-hybridized carbons (Fsp3) is 0.316. The van der Waals surface area contributed by atoms with Crippen molar-refractivity contribution in [1.29, 1.82) is 0 Å². The van der Waals surface area contributed by atoms with Gasteiger partial charge in [0, 0.05) is 24.6 Å². The van der Waals surface area contributed by atoms with Gasteiger partial charge < -0.3 is 15.2 Å². The van der Waals surface area contributed by atoms with Crippen LogP contribution in [-0.2, 0) is 0 Å². The number of amides is 2. The van der Waals surface area contributed by atoms with E-state index in [0.717, 1.165) is 53.9 Å². The van der Waals surface area contributed by atoms with Crippen LogP contribution in [0.2, 0.25) is 0 Å². The number of nitrogens with one attached hydrogen (secondary N) is 2. The number of benzene rings is 1. The van der Waals surface area contributed by atoms with E-state index in [2.05, 4.69) is 20.3 Å². The lowest BCUT2D eigenvalue weighted by Crippen LogP contribution is -2.41. The first-order valence-corrected chi connectivity index (χ1v) is 8.64. The number of hydrogen-bond donors (Lipinski definition) is 2. The number of fused-ring (bicyclic) bond motifs is 1. The second-order valence-electron chi connectivity index (χ2n) is 6.48. The third kappa shape index (κ3) is 3.20. The van der Waals surface area contributed by atoms with E-state index < -0.39 is 0 Å². The Morgan fingerprint density at radius 2 is 2.24 bits per heavy atom. The summed E-state index contributed by atoms with van der Waals surface area (Å²) in [4.78, 5) is 26.6. The Hall–Kier alpha value is -2.89. The Balaban J connectivity index is 1.55. The highest BCUT2D eigenvalue weighted by atomic mass is 16.2. The van der Waals surface area contributed by atoms with Crippen molar-refractivity contribution in [2.75, 3.05) is 11.9 Å². The van der Waals surface area contributed by atoms with Crippen LogP contribution in [-0.4, -0.2) is 32.4 Å². The summed E-state index contributed by atoms with van der Waals surface area (Å²) in [6.45, 7) is 2.68. The van der Waals surface area contributed by atoms with Crippen LogP contribution in [0.3, 0.4) is 0 Å². The number of carbonyl (C=O) groups is 1. The smallest absolute Gasteiger partial charge is 0.322 e. The van der Waals surface area contributed by atoms with Crippen LogP contribution in [0, 0.1) is 6.92 Å². The predicted octanol–water partition coefficient (Wildman–Crippen LogP) is 4.03. The highest BCUT2D eigenvalue weighted by Gasteiger charge is 2.28. The average Bonchev–Trinajstić information content (AvgIpc) is 3.02. The Morgan fingerprint density at radius 1 is 1.32 bits per heavy atom. The fourth-order valence-corrected chi connectivity index (χ4v) is 3.50. The molecule has 0 bridgehead atoms. The number of imidazole rings is 1. The van der Waals surface area contributed by atoms with Crippen molar-refractivity contribution in [2.24, 2.45) is 0 Å². The maximum atomic E-state index is 12.9. The molecule has 2 aromatic heterocycles. The van der Waals surface area contributed by atoms with Crippen molar-refractivity contribution in [2.45, 2.75) is 32.2 Å². The fourth-order valence-electron chi connectivity index (χ4n) is 3.50. The lowest BCUT2D eigenvalue weighted by molar-refractivity contribution is 0.163. The molecule has 0 spiro atoms. The van der Waals surface area contributed by atoms with Crippen molar-refractivity contribution in [3.8, 4) is 0 Å². The zero-order valence-corrected chi connectivity index (χ0v) is 14.2. The van der Waals surface area contributed by atoms with E-state index in [1.54, 1.807) is 6.20 Å². The summed E-state index contributed by atoms with van der Waals surface area (Å²) in [6.07, 6.45) is 6.75. The molecule has 4 rings (SSSR count). The second-order valence-corrected chi connectivity index (χ2v) is 6.48. The summed E-state index contributed by atoms with van der Waals surface area (Å²) in [5.41, 5.74) is 3.70. The van der Waals surface area contributed by atoms with Gasteiger partial charge in [-0.2, -0.15) is 0 Å². The molecule has 3 heterocycles. The lowest BCUT2D eigenvalue weighted by Gasteiger charge is -2.35. The van der Waals surface area contributed by atoms with E-state index in [9.17, 15) is 4.79 Å². The van der Waals surface area contributed by atoms with Gasteiger partial charge in [-0.25, -0.2) is 9.78 Å². The summed E-state index contributed by atoms with van der Waals surface area (Å²) < 4.78 is 0. The summed E-state index contributed by atoms with van der Waals surface area (Å²) in [5.74, 6) is 0.867. The van der Waals surface area contributed by atoms with Crippen molar-refractivity contribution >= 4 is 22.8 Å². The molecule has 1 aliphatic rings. The van der Waals surface area contributed by atoms with Gasteiger partial charge in [-0.3, -0.25) is 4.98 Å². The summed E-state index contributed by atoms with van der Waals surface area (Å²) in [7, 11) is 0. The van der Waals surface area contributed by atoms with Crippen molar-refractivity contribution < 1.29 is 4.79 Å². The van der Waals surface area contributed by atoms with Gasteiger partial charge in [-0.1, -0.05) is 6.07 Å². The molecule has 0 saturated carbocycles. The molecular formula is C19H21N5O. The van der Waals surface area contributed by atoms with Crippen LogP contribution in [0.15, 0.2) is 42.7 Å². The first-order chi connectivity index (χ1) is 12.2. The molecule has 1 fully saturated rings. The minimum Gasteiger partial charge on any atom is -0.342 e. The van der Waals surface area contributed by atoms with Gasteiger partial charge in [0.25, 0.3) is 0 Å². The normalized spacial score (nSPS) is 17.6. The number of H-pyrrole nitrogens is 1. The topological polar surface area (TPSA) is 73.9 Å². The van der Waals surface area contributed by atoms with Crippen LogP contribution in [0.1, 0.15) is 36.7 Å². The lowest BCUT2D eigenvalue weighted by atomic mass is 9.97. The number of hydrogen-bond acceptors (Lipinski definition) is 3. The Kier molecular flexibility index (Phi) is 4.09. The molecule has 2 N–H and O–H groups in total. The van der Waals surface area contributed by atoms with Crippen molar-refractivity contribution in [1.82, 2.24) is 19.9 Å². The van der Waals surface area contributed by atoms with E-state index in [-0.39, 0.29) is 12.1 Å². The number of rotatable bonds is 2. The first kappa shape index (κ1) is 15.6. The number of piperidine rings is 1. The van der Waals surface area contributed by atoms with Gasteiger partial charge in [0.15, 0.2) is 0 Å². The molecule has 6 nitrogen and oxygen atoms in total. The maximum absolute atomic E-state index is 12.9. The third-order valence-electron chi connectivity index (χ3n) is 4.68. The SMILES string of the molecule is Cc1nc2ccc(NC(=O)N3CCCCC3c3cccnc3)cc2[nH]1. The predicted molar refractivity (Wildman–Crippen MR) is 97.4 cm³/mol. The van der Waals surface area contributed by atoms with Crippen LogP contribution in [0.4, 0.5) is 10.5 Å². The number of aryl methyl sites for hydroxylation is 1. The Bertz CT molecular complexity index is 889. The molecular weight excluding hydrogens is 314 g/mol. The third-order valence-corrected chi connectivity index (χ3v) is 4.68. The first-order valence-electron chi connectivity index (χ1n) is 8.64. The summed E-state index contributed by atoms with van der Waals surface area (Å²) in [6, 6.07) is 9.73. The zero-order valence-electron chi connectivity index (χ0n) is 14.2. The van der Waals surface area contributed by atoms with Crippen LogP contribution >= 0.6 is 0 Å². The van der Waals surface area contributed by atoms with Crippen LogP contribution in [0.5, 0.6) is 0 Å². The van der Waals surface area contributed by atoms with Crippen LogP contribution in [0.25, 0.3) is 11.0 Å². The molecule has 2 amide bonds. The molecule has 1 aliphatic heterocycles. The average molecular weight is 335 g/mol. The minimum absolute atomic E-state index is 0.0656. The van der Waals surface area contributed by atoms with E-state index in [0.29, 0.717) is 0 Å².